The standard InChI is InChI=1S/C26H30N4/c1-25(2,28)20-8-12-22(13-9-20)30(24-7-5-6-19(18-24)16-17-27)23-14-10-21(11-15-23)26(3,4)29/h5-15,18H,16,28-29H2,1-4H3. The van der Waals surface area contributed by atoms with Crippen LogP contribution in [0.3, 0.4) is 0 Å². The predicted molar refractivity (Wildman–Crippen MR) is 125 cm³/mol. The molecule has 4 nitrogen and oxygen atoms in total. The molecule has 0 aliphatic carbocycles. The van der Waals surface area contributed by atoms with E-state index in [-0.39, 0.29) is 0 Å². The normalized spacial score (nSPS) is 11.8. The van der Waals surface area contributed by atoms with Gasteiger partial charge in [0.05, 0.1) is 12.5 Å². The summed E-state index contributed by atoms with van der Waals surface area (Å²) in [5.41, 5.74) is 17.9. The third-order valence-electron chi connectivity index (χ3n) is 5.19. The highest BCUT2D eigenvalue weighted by Crippen LogP contribution is 2.36. The predicted octanol–water partition coefficient (Wildman–Crippen LogP) is 5.61. The second-order valence-electron chi connectivity index (χ2n) is 8.88. The van der Waals surface area contributed by atoms with Gasteiger partial charge >= 0.3 is 0 Å². The van der Waals surface area contributed by atoms with Gasteiger partial charge in [0.2, 0.25) is 0 Å². The number of nitrogens with zero attached hydrogens (tertiary/aromatic N) is 2. The molecule has 0 radical (unpaired) electrons. The molecule has 4 N–H and O–H groups in total. The zero-order chi connectivity index (χ0) is 21.9. The number of nitriles is 1. The molecule has 0 amide bonds. The Labute approximate surface area is 179 Å². The summed E-state index contributed by atoms with van der Waals surface area (Å²) in [6, 6.07) is 26.9. The largest absolute Gasteiger partial charge is 0.322 e. The van der Waals surface area contributed by atoms with Crippen molar-refractivity contribution in [3.8, 4) is 6.07 Å². The van der Waals surface area contributed by atoms with Crippen LogP contribution in [0.15, 0.2) is 72.8 Å². The van der Waals surface area contributed by atoms with Crippen LogP contribution < -0.4 is 16.4 Å². The minimum atomic E-state index is -0.398. The lowest BCUT2D eigenvalue weighted by Gasteiger charge is -2.28. The van der Waals surface area contributed by atoms with Crippen molar-refractivity contribution in [1.29, 1.82) is 5.26 Å². The molecule has 3 aromatic carbocycles. The molecule has 0 bridgehead atoms. The van der Waals surface area contributed by atoms with Crippen molar-refractivity contribution >= 4 is 17.1 Å². The lowest BCUT2D eigenvalue weighted by molar-refractivity contribution is 0.554. The lowest BCUT2D eigenvalue weighted by Crippen LogP contribution is -2.28. The zero-order valence-electron chi connectivity index (χ0n) is 18.2. The molecule has 0 saturated heterocycles. The maximum Gasteiger partial charge on any atom is 0.0669 e. The van der Waals surface area contributed by atoms with E-state index in [0.29, 0.717) is 6.42 Å². The summed E-state index contributed by atoms with van der Waals surface area (Å²) in [4.78, 5) is 2.18. The summed E-state index contributed by atoms with van der Waals surface area (Å²) >= 11 is 0. The fourth-order valence-corrected chi connectivity index (χ4v) is 3.42. The highest BCUT2D eigenvalue weighted by molar-refractivity contribution is 5.77. The summed E-state index contributed by atoms with van der Waals surface area (Å²) in [5.74, 6) is 0. The van der Waals surface area contributed by atoms with E-state index in [1.807, 2.05) is 39.8 Å². The molecule has 30 heavy (non-hydrogen) atoms. The van der Waals surface area contributed by atoms with Crippen molar-refractivity contribution in [2.75, 3.05) is 4.90 Å². The Morgan fingerprint density at radius 1 is 0.733 bits per heavy atom. The van der Waals surface area contributed by atoms with E-state index in [4.69, 9.17) is 16.7 Å². The molecule has 0 fully saturated rings. The maximum atomic E-state index is 9.11. The van der Waals surface area contributed by atoms with Crippen molar-refractivity contribution in [2.24, 2.45) is 11.5 Å². The van der Waals surface area contributed by atoms with Gasteiger partial charge in [0.15, 0.2) is 0 Å². The van der Waals surface area contributed by atoms with Gasteiger partial charge in [0, 0.05) is 28.1 Å². The SMILES string of the molecule is CC(C)(N)c1ccc(N(c2ccc(C(C)(C)N)cc2)c2cccc(CC#N)c2)cc1. The second kappa shape index (κ2) is 8.31. The van der Waals surface area contributed by atoms with Crippen molar-refractivity contribution in [1.82, 2.24) is 0 Å². The lowest BCUT2D eigenvalue weighted by atomic mass is 9.94. The molecule has 0 saturated carbocycles. The number of hydrogen-bond acceptors (Lipinski definition) is 4. The number of benzene rings is 3. The number of rotatable bonds is 6. The quantitative estimate of drug-likeness (QED) is 0.565. The summed E-state index contributed by atoms with van der Waals surface area (Å²) in [6.07, 6.45) is 0.377. The highest BCUT2D eigenvalue weighted by Gasteiger charge is 2.18. The van der Waals surface area contributed by atoms with Crippen LogP contribution in [0.2, 0.25) is 0 Å². The summed E-state index contributed by atoms with van der Waals surface area (Å²) < 4.78 is 0. The minimum Gasteiger partial charge on any atom is -0.322 e. The number of nitrogens with two attached hydrogens (primary N) is 2. The van der Waals surface area contributed by atoms with Crippen LogP contribution in [0.5, 0.6) is 0 Å². The third kappa shape index (κ3) is 4.88. The smallest absolute Gasteiger partial charge is 0.0669 e. The van der Waals surface area contributed by atoms with Crippen molar-refractivity contribution in [2.45, 2.75) is 45.2 Å². The highest BCUT2D eigenvalue weighted by atomic mass is 15.1. The Hall–Kier alpha value is -3.13. The van der Waals surface area contributed by atoms with E-state index in [2.05, 4.69) is 71.6 Å². The molecule has 154 valence electrons. The molecule has 3 rings (SSSR count). The van der Waals surface area contributed by atoms with Gasteiger partial charge in [-0.1, -0.05) is 36.4 Å². The Balaban J connectivity index is 2.10. The first-order valence-electron chi connectivity index (χ1n) is 10.1. The molecule has 0 aromatic heterocycles. The van der Waals surface area contributed by atoms with Crippen LogP contribution in [0.25, 0.3) is 0 Å². The molecule has 0 heterocycles. The van der Waals surface area contributed by atoms with E-state index < -0.39 is 11.1 Å². The van der Waals surface area contributed by atoms with Gasteiger partial charge in [-0.2, -0.15) is 5.26 Å². The van der Waals surface area contributed by atoms with Gasteiger partial charge in [-0.15, -0.1) is 0 Å². The fraction of sp³-hybridized carbons (Fsp3) is 0.269. The monoisotopic (exact) mass is 398 g/mol. The minimum absolute atomic E-state index is 0.377. The molecule has 4 heteroatoms. The van der Waals surface area contributed by atoms with Crippen molar-refractivity contribution in [3.63, 3.8) is 0 Å². The van der Waals surface area contributed by atoms with Gasteiger partial charge < -0.3 is 16.4 Å². The maximum absolute atomic E-state index is 9.11. The Morgan fingerprint density at radius 2 is 1.20 bits per heavy atom. The molecule has 0 aliphatic heterocycles. The first kappa shape index (κ1) is 21.6. The first-order chi connectivity index (χ1) is 14.1. The van der Waals surface area contributed by atoms with Gasteiger partial charge in [-0.05, 0) is 80.8 Å². The van der Waals surface area contributed by atoms with Gasteiger partial charge in [-0.25, -0.2) is 0 Å². The Morgan fingerprint density at radius 3 is 1.60 bits per heavy atom. The van der Waals surface area contributed by atoms with E-state index >= 15 is 0 Å². The van der Waals surface area contributed by atoms with E-state index in [9.17, 15) is 0 Å². The van der Waals surface area contributed by atoms with Crippen LogP contribution in [-0.2, 0) is 17.5 Å². The van der Waals surface area contributed by atoms with Crippen molar-refractivity contribution < 1.29 is 0 Å². The molecule has 0 atom stereocenters. The average Bonchev–Trinajstić information content (AvgIpc) is 2.68. The third-order valence-corrected chi connectivity index (χ3v) is 5.19. The van der Waals surface area contributed by atoms with E-state index in [0.717, 1.165) is 33.8 Å². The molecule has 0 aliphatic rings. The summed E-state index contributed by atoms with van der Waals surface area (Å²) in [6.45, 7) is 7.99. The van der Waals surface area contributed by atoms with Crippen LogP contribution >= 0.6 is 0 Å². The van der Waals surface area contributed by atoms with Crippen LogP contribution in [0.1, 0.15) is 44.4 Å². The molecule has 0 unspecified atom stereocenters. The summed E-state index contributed by atoms with van der Waals surface area (Å²) in [7, 11) is 0. The molecule has 0 spiro atoms. The van der Waals surface area contributed by atoms with E-state index in [1.165, 1.54) is 0 Å². The Kier molecular flexibility index (Phi) is 5.98. The number of hydrogen-bond donors (Lipinski definition) is 2. The fourth-order valence-electron chi connectivity index (χ4n) is 3.42. The van der Waals surface area contributed by atoms with Crippen molar-refractivity contribution in [3.05, 3.63) is 89.5 Å². The topological polar surface area (TPSA) is 79.1 Å². The Bertz CT molecular complexity index is 973. The van der Waals surface area contributed by atoms with Gasteiger partial charge in [0.1, 0.15) is 0 Å². The van der Waals surface area contributed by atoms with Gasteiger partial charge in [0.25, 0.3) is 0 Å². The van der Waals surface area contributed by atoms with Crippen LogP contribution in [-0.4, -0.2) is 0 Å². The average molecular weight is 399 g/mol. The molecular formula is C26H30N4. The van der Waals surface area contributed by atoms with E-state index in [1.54, 1.807) is 0 Å². The molecular weight excluding hydrogens is 368 g/mol. The second-order valence-corrected chi connectivity index (χ2v) is 8.88. The number of anilines is 3. The van der Waals surface area contributed by atoms with Crippen LogP contribution in [0.4, 0.5) is 17.1 Å². The molecule has 3 aromatic rings. The van der Waals surface area contributed by atoms with Crippen LogP contribution in [0, 0.1) is 11.3 Å². The van der Waals surface area contributed by atoms with Gasteiger partial charge in [-0.3, -0.25) is 0 Å². The first-order valence-corrected chi connectivity index (χ1v) is 10.1. The summed E-state index contributed by atoms with van der Waals surface area (Å²) in [5, 5.41) is 9.11. The zero-order valence-corrected chi connectivity index (χ0v) is 18.2.